The molecule has 124 valence electrons. The van der Waals surface area contributed by atoms with Crippen LogP contribution >= 0.6 is 0 Å². The lowest BCUT2D eigenvalue weighted by atomic mass is 9.82. The summed E-state index contributed by atoms with van der Waals surface area (Å²) in [5.74, 6) is -1.54. The second kappa shape index (κ2) is 7.25. The summed E-state index contributed by atoms with van der Waals surface area (Å²) in [6.45, 7) is 0. The van der Waals surface area contributed by atoms with E-state index in [1.807, 2.05) is 24.3 Å². The Balaban J connectivity index is 1.74. The molecule has 2 aromatic rings. The van der Waals surface area contributed by atoms with Crippen LogP contribution in [0.25, 0.3) is 0 Å². The number of carbonyl (C=O) groups is 2. The number of hydrogen-bond donors (Lipinski definition) is 2. The highest BCUT2D eigenvalue weighted by Gasteiger charge is 2.29. The fourth-order valence-electron chi connectivity index (χ4n) is 3.23. The number of benzene rings is 1. The number of carboxylic acids is 1. The summed E-state index contributed by atoms with van der Waals surface area (Å²) in [5, 5.41) is 12.1. The van der Waals surface area contributed by atoms with Gasteiger partial charge in [-0.05, 0) is 42.5 Å². The van der Waals surface area contributed by atoms with Gasteiger partial charge in [0, 0.05) is 18.3 Å². The molecule has 0 fully saturated rings. The van der Waals surface area contributed by atoms with Gasteiger partial charge in [0.2, 0.25) is 5.91 Å². The number of carboxylic acid groups (broad SMARTS) is 1. The monoisotopic (exact) mass is 324 g/mol. The molecule has 0 aliphatic heterocycles. The van der Waals surface area contributed by atoms with Crippen molar-refractivity contribution in [2.75, 3.05) is 0 Å². The molecule has 24 heavy (non-hydrogen) atoms. The quantitative estimate of drug-likeness (QED) is 0.884. The van der Waals surface area contributed by atoms with Crippen molar-refractivity contribution in [2.45, 2.75) is 37.6 Å². The summed E-state index contributed by atoms with van der Waals surface area (Å²) >= 11 is 0. The number of hydrogen-bond acceptors (Lipinski definition) is 3. The number of pyridine rings is 1. The first-order valence-electron chi connectivity index (χ1n) is 8.16. The lowest BCUT2D eigenvalue weighted by Crippen LogP contribution is -2.45. The van der Waals surface area contributed by atoms with Gasteiger partial charge in [-0.15, -0.1) is 0 Å². The number of nitrogens with one attached hydrogen (secondary N) is 1. The van der Waals surface area contributed by atoms with Crippen LogP contribution in [0.2, 0.25) is 0 Å². The van der Waals surface area contributed by atoms with Gasteiger partial charge >= 0.3 is 5.97 Å². The molecule has 2 atom stereocenters. The minimum absolute atomic E-state index is 0.177. The van der Waals surface area contributed by atoms with Gasteiger partial charge in [0.15, 0.2) is 0 Å². The van der Waals surface area contributed by atoms with Gasteiger partial charge in [-0.3, -0.25) is 9.78 Å². The zero-order valence-corrected chi connectivity index (χ0v) is 13.3. The van der Waals surface area contributed by atoms with E-state index in [2.05, 4.69) is 10.3 Å². The van der Waals surface area contributed by atoms with Gasteiger partial charge < -0.3 is 10.4 Å². The van der Waals surface area contributed by atoms with Crippen LogP contribution in [-0.4, -0.2) is 28.0 Å². The molecule has 0 radical (unpaired) electrons. The molecular weight excluding hydrogens is 304 g/mol. The third-order valence-corrected chi connectivity index (χ3v) is 4.44. The van der Waals surface area contributed by atoms with E-state index in [1.54, 1.807) is 24.4 Å². The number of aromatic nitrogens is 1. The summed E-state index contributed by atoms with van der Waals surface area (Å²) in [6.07, 6.45) is 4.45. The molecule has 0 bridgehead atoms. The van der Waals surface area contributed by atoms with E-state index >= 15 is 0 Å². The SMILES string of the molecule is O=C(O)C(Cc1ccccn1)NC(=O)C1CCCc2ccccc21. The number of amides is 1. The van der Waals surface area contributed by atoms with Gasteiger partial charge in [-0.1, -0.05) is 30.3 Å². The normalized spacial score (nSPS) is 17.6. The smallest absolute Gasteiger partial charge is 0.326 e. The molecule has 1 amide bonds. The van der Waals surface area contributed by atoms with E-state index in [-0.39, 0.29) is 18.2 Å². The van der Waals surface area contributed by atoms with Crippen LogP contribution in [0.15, 0.2) is 48.7 Å². The first kappa shape index (κ1) is 16.2. The second-order valence-corrected chi connectivity index (χ2v) is 6.07. The van der Waals surface area contributed by atoms with Gasteiger partial charge in [0.25, 0.3) is 0 Å². The van der Waals surface area contributed by atoms with Crippen molar-refractivity contribution >= 4 is 11.9 Å². The van der Waals surface area contributed by atoms with Crippen molar-refractivity contribution in [3.8, 4) is 0 Å². The molecule has 1 aromatic carbocycles. The Hall–Kier alpha value is -2.69. The second-order valence-electron chi connectivity index (χ2n) is 6.07. The first-order valence-corrected chi connectivity index (χ1v) is 8.16. The molecule has 5 heteroatoms. The van der Waals surface area contributed by atoms with Crippen molar-refractivity contribution in [2.24, 2.45) is 0 Å². The Morgan fingerprint density at radius 1 is 1.21 bits per heavy atom. The number of nitrogens with zero attached hydrogens (tertiary/aromatic N) is 1. The van der Waals surface area contributed by atoms with E-state index in [0.717, 1.165) is 24.8 Å². The molecule has 2 unspecified atom stereocenters. The minimum atomic E-state index is -1.04. The molecule has 0 saturated heterocycles. The predicted octanol–water partition coefficient (Wildman–Crippen LogP) is 2.31. The maximum atomic E-state index is 12.7. The van der Waals surface area contributed by atoms with Crippen LogP contribution < -0.4 is 5.32 Å². The number of aryl methyl sites for hydroxylation is 1. The Bertz CT molecular complexity index is 730. The zero-order valence-electron chi connectivity index (χ0n) is 13.3. The van der Waals surface area contributed by atoms with Crippen LogP contribution in [0.5, 0.6) is 0 Å². The Labute approximate surface area is 140 Å². The standard InChI is InChI=1S/C19H20N2O3/c22-18(16-10-5-7-13-6-1-2-9-15(13)16)21-17(19(23)24)12-14-8-3-4-11-20-14/h1-4,6,8-9,11,16-17H,5,7,10,12H2,(H,21,22)(H,23,24). The zero-order chi connectivity index (χ0) is 16.9. The Morgan fingerprint density at radius 2 is 2.00 bits per heavy atom. The van der Waals surface area contributed by atoms with E-state index in [0.29, 0.717) is 5.69 Å². The van der Waals surface area contributed by atoms with Crippen molar-refractivity contribution < 1.29 is 14.7 Å². The van der Waals surface area contributed by atoms with Gasteiger partial charge in [-0.25, -0.2) is 4.79 Å². The van der Waals surface area contributed by atoms with Crippen molar-refractivity contribution in [3.05, 3.63) is 65.5 Å². The van der Waals surface area contributed by atoms with Gasteiger partial charge in [-0.2, -0.15) is 0 Å². The maximum absolute atomic E-state index is 12.7. The molecule has 2 N–H and O–H groups in total. The number of carbonyl (C=O) groups excluding carboxylic acids is 1. The fourth-order valence-corrected chi connectivity index (χ4v) is 3.23. The topological polar surface area (TPSA) is 79.3 Å². The van der Waals surface area contributed by atoms with Crippen LogP contribution in [-0.2, 0) is 22.4 Å². The van der Waals surface area contributed by atoms with Crippen LogP contribution in [0.4, 0.5) is 0 Å². The molecular formula is C19H20N2O3. The summed E-state index contributed by atoms with van der Waals surface area (Å²) in [6, 6.07) is 12.3. The highest BCUT2D eigenvalue weighted by Crippen LogP contribution is 2.31. The maximum Gasteiger partial charge on any atom is 0.326 e. The predicted molar refractivity (Wildman–Crippen MR) is 89.6 cm³/mol. The summed E-state index contributed by atoms with van der Waals surface area (Å²) in [4.78, 5) is 28.3. The van der Waals surface area contributed by atoms with E-state index in [4.69, 9.17) is 0 Å². The highest BCUT2D eigenvalue weighted by atomic mass is 16.4. The number of rotatable bonds is 5. The number of fused-ring (bicyclic) bond motifs is 1. The first-order chi connectivity index (χ1) is 11.6. The lowest BCUT2D eigenvalue weighted by Gasteiger charge is -2.26. The Morgan fingerprint density at radius 3 is 2.75 bits per heavy atom. The van der Waals surface area contributed by atoms with Crippen LogP contribution in [0, 0.1) is 0 Å². The number of aliphatic carboxylic acids is 1. The third-order valence-electron chi connectivity index (χ3n) is 4.44. The average molecular weight is 324 g/mol. The fraction of sp³-hybridized carbons (Fsp3) is 0.316. The van der Waals surface area contributed by atoms with E-state index in [9.17, 15) is 14.7 Å². The summed E-state index contributed by atoms with van der Waals surface area (Å²) in [7, 11) is 0. The molecule has 3 rings (SSSR count). The third kappa shape index (κ3) is 3.62. The van der Waals surface area contributed by atoms with E-state index in [1.165, 1.54) is 5.56 Å². The highest BCUT2D eigenvalue weighted by molar-refractivity contribution is 5.88. The average Bonchev–Trinajstić information content (AvgIpc) is 2.61. The lowest BCUT2D eigenvalue weighted by molar-refractivity contribution is -0.142. The van der Waals surface area contributed by atoms with Crippen molar-refractivity contribution in [1.82, 2.24) is 10.3 Å². The van der Waals surface area contributed by atoms with Crippen LogP contribution in [0.1, 0.15) is 35.6 Å². The molecule has 5 nitrogen and oxygen atoms in total. The summed E-state index contributed by atoms with van der Waals surface area (Å²) < 4.78 is 0. The molecule has 1 aliphatic rings. The molecule has 0 saturated carbocycles. The summed E-state index contributed by atoms with van der Waals surface area (Å²) in [5.41, 5.74) is 2.85. The molecule has 1 aliphatic carbocycles. The largest absolute Gasteiger partial charge is 0.480 e. The molecule has 1 heterocycles. The molecule has 1 aromatic heterocycles. The van der Waals surface area contributed by atoms with Gasteiger partial charge in [0.1, 0.15) is 6.04 Å². The van der Waals surface area contributed by atoms with Gasteiger partial charge in [0.05, 0.1) is 5.92 Å². The van der Waals surface area contributed by atoms with E-state index < -0.39 is 12.0 Å². The minimum Gasteiger partial charge on any atom is -0.480 e. The van der Waals surface area contributed by atoms with Crippen molar-refractivity contribution in [3.63, 3.8) is 0 Å². The Kier molecular flexibility index (Phi) is 4.89. The van der Waals surface area contributed by atoms with Crippen LogP contribution in [0.3, 0.4) is 0 Å². The molecule has 0 spiro atoms. The van der Waals surface area contributed by atoms with Crippen molar-refractivity contribution in [1.29, 1.82) is 0 Å².